The second-order valence-electron chi connectivity index (χ2n) is 4.64. The van der Waals surface area contributed by atoms with E-state index in [1.807, 2.05) is 13.0 Å². The number of hydrogen-bond acceptors (Lipinski definition) is 5. The zero-order valence-corrected chi connectivity index (χ0v) is 13.1. The Morgan fingerprint density at radius 2 is 2.00 bits per heavy atom. The second-order valence-corrected chi connectivity index (χ2v) is 5.54. The van der Waals surface area contributed by atoms with Gasteiger partial charge in [-0.05, 0) is 36.2 Å². The van der Waals surface area contributed by atoms with Gasteiger partial charge < -0.3 is 20.3 Å². The third-order valence-electron chi connectivity index (χ3n) is 2.99. The minimum atomic E-state index is -0.502. The van der Waals surface area contributed by atoms with Crippen LogP contribution >= 0.6 is 11.9 Å². The summed E-state index contributed by atoms with van der Waals surface area (Å²) in [7, 11) is 0. The van der Waals surface area contributed by atoms with E-state index in [4.69, 9.17) is 10.5 Å². The fourth-order valence-corrected chi connectivity index (χ4v) is 2.34. The fraction of sp³-hybridized carbons (Fsp3) is 0.250. The molecule has 4 nitrogen and oxygen atoms in total. The highest BCUT2D eigenvalue weighted by molar-refractivity contribution is 8.00. The van der Waals surface area contributed by atoms with E-state index in [2.05, 4.69) is 4.72 Å². The van der Waals surface area contributed by atoms with Crippen molar-refractivity contribution in [2.24, 2.45) is 5.73 Å². The lowest BCUT2D eigenvalue weighted by Gasteiger charge is -2.11. The first-order valence-electron chi connectivity index (χ1n) is 7.01. The van der Waals surface area contributed by atoms with E-state index in [1.165, 1.54) is 24.1 Å². The Kier molecular flexibility index (Phi) is 5.91. The number of hydrogen-bond donors (Lipinski definition) is 3. The van der Waals surface area contributed by atoms with Crippen LogP contribution in [0, 0.1) is 5.82 Å². The highest BCUT2D eigenvalue weighted by Crippen LogP contribution is 2.33. The number of ether oxygens (including phenoxy) is 1. The zero-order chi connectivity index (χ0) is 15.9. The molecule has 0 unspecified atom stereocenters. The normalized spacial score (nSPS) is 10.5. The van der Waals surface area contributed by atoms with Gasteiger partial charge in [0.1, 0.15) is 0 Å². The van der Waals surface area contributed by atoms with E-state index < -0.39 is 5.82 Å². The molecular formula is C16H19FN2O2S. The van der Waals surface area contributed by atoms with Crippen LogP contribution in [-0.2, 0) is 6.42 Å². The topological polar surface area (TPSA) is 67.5 Å². The van der Waals surface area contributed by atoms with E-state index in [-0.39, 0.29) is 17.2 Å². The zero-order valence-electron chi connectivity index (χ0n) is 12.3. The van der Waals surface area contributed by atoms with E-state index in [0.29, 0.717) is 12.2 Å². The van der Waals surface area contributed by atoms with E-state index in [0.717, 1.165) is 17.7 Å². The highest BCUT2D eigenvalue weighted by Gasteiger charge is 2.09. The average molecular weight is 322 g/mol. The van der Waals surface area contributed by atoms with Crippen molar-refractivity contribution in [2.45, 2.75) is 13.3 Å². The molecule has 118 valence electrons. The standard InChI is InChI=1S/C16H19FN2O2S/c1-2-11-3-5-16(14(20)9-11)21-15-6-4-12(10-13(15)17)19-22-8-7-18/h3-6,9-10,19-20H,2,7-8,18H2,1H3. The van der Waals surface area contributed by atoms with Crippen molar-refractivity contribution in [3.8, 4) is 17.2 Å². The van der Waals surface area contributed by atoms with Crippen molar-refractivity contribution in [1.82, 2.24) is 0 Å². The lowest BCUT2D eigenvalue weighted by molar-refractivity contribution is 0.395. The van der Waals surface area contributed by atoms with Crippen LogP contribution in [0.2, 0.25) is 0 Å². The number of aromatic hydroxyl groups is 1. The molecule has 2 aromatic carbocycles. The van der Waals surface area contributed by atoms with Crippen molar-refractivity contribution in [3.05, 3.63) is 47.8 Å². The number of halogens is 1. The van der Waals surface area contributed by atoms with Gasteiger partial charge in [0.25, 0.3) is 0 Å². The third-order valence-corrected chi connectivity index (χ3v) is 3.81. The summed E-state index contributed by atoms with van der Waals surface area (Å²) in [6.45, 7) is 2.54. The molecule has 4 N–H and O–H groups in total. The molecule has 2 rings (SSSR count). The molecule has 0 aliphatic carbocycles. The molecule has 0 fully saturated rings. The molecule has 0 heterocycles. The van der Waals surface area contributed by atoms with E-state index >= 15 is 0 Å². The predicted molar refractivity (Wildman–Crippen MR) is 89.1 cm³/mol. The molecule has 0 spiro atoms. The maximum atomic E-state index is 14.0. The lowest BCUT2D eigenvalue weighted by Crippen LogP contribution is -2.03. The van der Waals surface area contributed by atoms with Crippen LogP contribution in [0.4, 0.5) is 10.1 Å². The monoisotopic (exact) mass is 322 g/mol. The average Bonchev–Trinajstić information content (AvgIpc) is 2.51. The van der Waals surface area contributed by atoms with Crippen molar-refractivity contribution >= 4 is 17.6 Å². The van der Waals surface area contributed by atoms with Gasteiger partial charge in [-0.1, -0.05) is 24.9 Å². The molecular weight excluding hydrogens is 303 g/mol. The molecule has 0 saturated heterocycles. The van der Waals surface area contributed by atoms with Crippen molar-refractivity contribution in [2.75, 3.05) is 17.0 Å². The maximum Gasteiger partial charge on any atom is 0.169 e. The Morgan fingerprint density at radius 3 is 2.64 bits per heavy atom. The SMILES string of the molecule is CCc1ccc(Oc2ccc(NSCCN)cc2F)c(O)c1. The molecule has 22 heavy (non-hydrogen) atoms. The Bertz CT molecular complexity index is 638. The van der Waals surface area contributed by atoms with Crippen LogP contribution in [0.25, 0.3) is 0 Å². The number of phenols is 1. The van der Waals surface area contributed by atoms with Crippen molar-refractivity contribution in [3.63, 3.8) is 0 Å². The quantitative estimate of drug-likeness (QED) is 0.533. The molecule has 0 radical (unpaired) electrons. The molecule has 0 aromatic heterocycles. The molecule has 0 saturated carbocycles. The predicted octanol–water partition coefficient (Wildman–Crippen LogP) is 3.90. The summed E-state index contributed by atoms with van der Waals surface area (Å²) in [6.07, 6.45) is 0.809. The van der Waals surface area contributed by atoms with E-state index in [1.54, 1.807) is 18.2 Å². The molecule has 0 aliphatic rings. The number of aryl methyl sites for hydroxylation is 1. The van der Waals surface area contributed by atoms with Crippen molar-refractivity contribution < 1.29 is 14.2 Å². The molecule has 0 bridgehead atoms. The maximum absolute atomic E-state index is 14.0. The molecule has 0 amide bonds. The summed E-state index contributed by atoms with van der Waals surface area (Å²) < 4.78 is 22.5. The van der Waals surface area contributed by atoms with Crippen LogP contribution in [-0.4, -0.2) is 17.4 Å². The number of nitrogens with one attached hydrogen (secondary N) is 1. The Labute approximate surface area is 133 Å². The lowest BCUT2D eigenvalue weighted by atomic mass is 10.1. The smallest absolute Gasteiger partial charge is 0.169 e. The van der Waals surface area contributed by atoms with Crippen molar-refractivity contribution in [1.29, 1.82) is 0 Å². The van der Waals surface area contributed by atoms with Gasteiger partial charge in [-0.3, -0.25) is 0 Å². The minimum Gasteiger partial charge on any atom is -0.504 e. The van der Waals surface area contributed by atoms with E-state index in [9.17, 15) is 9.50 Å². The van der Waals surface area contributed by atoms with Crippen LogP contribution in [0.15, 0.2) is 36.4 Å². The number of rotatable bonds is 7. The Morgan fingerprint density at radius 1 is 1.23 bits per heavy atom. The summed E-state index contributed by atoms with van der Waals surface area (Å²) in [4.78, 5) is 0. The van der Waals surface area contributed by atoms with Gasteiger partial charge in [-0.25, -0.2) is 4.39 Å². The molecule has 6 heteroatoms. The highest BCUT2D eigenvalue weighted by atomic mass is 32.2. The third kappa shape index (κ3) is 4.29. The summed E-state index contributed by atoms with van der Waals surface area (Å²) >= 11 is 1.41. The summed E-state index contributed by atoms with van der Waals surface area (Å²) in [5, 5.41) is 9.90. The van der Waals surface area contributed by atoms with Gasteiger partial charge in [0.05, 0.1) is 0 Å². The number of nitrogens with two attached hydrogens (primary N) is 1. The van der Waals surface area contributed by atoms with Gasteiger partial charge in [0.15, 0.2) is 23.1 Å². The number of anilines is 1. The molecule has 0 aliphatic heterocycles. The summed E-state index contributed by atoms with van der Waals surface area (Å²) in [6, 6.07) is 9.67. The van der Waals surface area contributed by atoms with Gasteiger partial charge in [0, 0.05) is 24.1 Å². The Hall–Kier alpha value is -1.92. The molecule has 2 aromatic rings. The largest absolute Gasteiger partial charge is 0.504 e. The Balaban J connectivity index is 2.09. The molecule has 0 atom stereocenters. The van der Waals surface area contributed by atoms with Crippen LogP contribution in [0.1, 0.15) is 12.5 Å². The first kappa shape index (κ1) is 16.5. The summed E-state index contributed by atoms with van der Waals surface area (Å²) in [5.74, 6) is 0.525. The van der Waals surface area contributed by atoms with Gasteiger partial charge >= 0.3 is 0 Å². The van der Waals surface area contributed by atoms with Gasteiger partial charge in [0.2, 0.25) is 0 Å². The number of benzene rings is 2. The van der Waals surface area contributed by atoms with Crippen LogP contribution < -0.4 is 15.2 Å². The van der Waals surface area contributed by atoms with Crippen LogP contribution in [0.5, 0.6) is 17.2 Å². The minimum absolute atomic E-state index is 0.000507. The fourth-order valence-electron chi connectivity index (χ4n) is 1.83. The number of phenolic OH excluding ortho intramolecular Hbond substituents is 1. The first-order chi connectivity index (χ1) is 10.6. The first-order valence-corrected chi connectivity index (χ1v) is 7.99. The summed E-state index contributed by atoms with van der Waals surface area (Å²) in [5.41, 5.74) is 7.01. The van der Waals surface area contributed by atoms with Gasteiger partial charge in [-0.2, -0.15) is 0 Å². The van der Waals surface area contributed by atoms with Gasteiger partial charge in [-0.15, -0.1) is 0 Å². The second kappa shape index (κ2) is 7.91. The van der Waals surface area contributed by atoms with Crippen LogP contribution in [0.3, 0.4) is 0 Å².